The van der Waals surface area contributed by atoms with Gasteiger partial charge in [-0.3, -0.25) is 4.99 Å². The minimum atomic E-state index is -1.33. The van der Waals surface area contributed by atoms with Crippen molar-refractivity contribution in [2.24, 2.45) is 10.9 Å². The third-order valence-electron chi connectivity index (χ3n) is 5.77. The number of amidine groups is 1. The number of aliphatic hydroxyl groups excluding tert-OH is 1. The number of ether oxygens (including phenoxy) is 1. The molecule has 1 saturated carbocycles. The summed E-state index contributed by atoms with van der Waals surface area (Å²) >= 11 is 1.17. The van der Waals surface area contributed by atoms with Crippen LogP contribution in [0.15, 0.2) is 23.2 Å². The van der Waals surface area contributed by atoms with Crippen LogP contribution in [0.5, 0.6) is 0 Å². The molecule has 1 aromatic carbocycles. The third kappa shape index (κ3) is 4.41. The third-order valence-corrected chi connectivity index (χ3v) is 8.95. The second-order valence-electron chi connectivity index (χ2n) is 9.28. The van der Waals surface area contributed by atoms with Gasteiger partial charge in [0.05, 0.1) is 16.9 Å². The summed E-state index contributed by atoms with van der Waals surface area (Å²) in [6.07, 6.45) is -0.721. The zero-order chi connectivity index (χ0) is 22.3. The summed E-state index contributed by atoms with van der Waals surface area (Å²) in [4.78, 5) is 17.5. The van der Waals surface area contributed by atoms with Gasteiger partial charge in [-0.05, 0) is 25.5 Å². The van der Waals surface area contributed by atoms with Crippen LogP contribution < -0.4 is 0 Å². The quantitative estimate of drug-likeness (QED) is 0.361. The molecule has 0 unspecified atom stereocenters. The summed E-state index contributed by atoms with van der Waals surface area (Å²) in [5.74, 6) is -2.21. The minimum Gasteiger partial charge on any atom is -0.465 e. The lowest BCUT2D eigenvalue weighted by Gasteiger charge is -2.36. The van der Waals surface area contributed by atoms with E-state index in [1.54, 1.807) is 6.92 Å². The van der Waals surface area contributed by atoms with Gasteiger partial charge in [-0.15, -0.1) is 0 Å². The highest BCUT2D eigenvalue weighted by Gasteiger charge is 2.67. The Morgan fingerprint density at radius 3 is 2.70 bits per heavy atom. The number of amides is 1. The van der Waals surface area contributed by atoms with Gasteiger partial charge in [-0.25, -0.2) is 18.5 Å². The van der Waals surface area contributed by atoms with E-state index in [-0.39, 0.29) is 30.0 Å². The molecule has 1 amide bonds. The van der Waals surface area contributed by atoms with Gasteiger partial charge in [0.1, 0.15) is 6.73 Å². The zero-order valence-electron chi connectivity index (χ0n) is 17.6. The van der Waals surface area contributed by atoms with Crippen molar-refractivity contribution in [3.63, 3.8) is 0 Å². The van der Waals surface area contributed by atoms with Gasteiger partial charge < -0.3 is 14.9 Å². The molecule has 1 heterocycles. The zero-order valence-corrected chi connectivity index (χ0v) is 19.4. The Hall–Kier alpha value is -1.49. The van der Waals surface area contributed by atoms with Crippen molar-refractivity contribution < 1.29 is 28.5 Å². The van der Waals surface area contributed by atoms with E-state index in [1.165, 1.54) is 23.9 Å². The molecule has 166 valence electrons. The van der Waals surface area contributed by atoms with E-state index < -0.39 is 36.1 Å². The summed E-state index contributed by atoms with van der Waals surface area (Å²) < 4.78 is 33.5. The average molecular weight is 459 g/mol. The number of aliphatic hydroxyl groups is 1. The number of fused-ring (bicyclic) bond motifs is 1. The standard InChI is InChI=1S/C20H28F2N2O4SSi/c1-19(13-6-5-7-14(21)16(13)22)15-10-20(15,11-25)29-17(23-19)24(18(26)27)12-28-8-9-30(2,3)4/h5-7,15,25H,8-12H2,1-4H3,(H,26,27)/t15-,19+,20+/m0/s1. The van der Waals surface area contributed by atoms with Crippen LogP contribution in [0.4, 0.5) is 13.6 Å². The number of hydrogen-bond donors (Lipinski definition) is 2. The van der Waals surface area contributed by atoms with Gasteiger partial charge >= 0.3 is 6.09 Å². The average Bonchev–Trinajstić information content (AvgIpc) is 3.39. The molecule has 0 spiro atoms. The van der Waals surface area contributed by atoms with Crippen LogP contribution in [0.2, 0.25) is 25.7 Å². The molecule has 2 aliphatic rings. The first-order valence-corrected chi connectivity index (χ1v) is 14.4. The molecule has 1 fully saturated rings. The number of nitrogens with zero attached hydrogens (tertiary/aromatic N) is 2. The lowest BCUT2D eigenvalue weighted by atomic mass is 9.85. The van der Waals surface area contributed by atoms with Crippen molar-refractivity contribution in [1.82, 2.24) is 4.90 Å². The van der Waals surface area contributed by atoms with E-state index in [9.17, 15) is 23.8 Å². The fraction of sp³-hybridized carbons (Fsp3) is 0.600. The van der Waals surface area contributed by atoms with Gasteiger partial charge in [0.2, 0.25) is 0 Å². The van der Waals surface area contributed by atoms with E-state index in [0.717, 1.165) is 17.0 Å². The van der Waals surface area contributed by atoms with E-state index in [4.69, 9.17) is 4.74 Å². The molecule has 0 radical (unpaired) electrons. The number of aliphatic imine (C=N–C) groups is 1. The fourth-order valence-electron chi connectivity index (χ4n) is 3.78. The molecule has 10 heteroatoms. The van der Waals surface area contributed by atoms with Crippen molar-refractivity contribution in [2.75, 3.05) is 19.9 Å². The largest absolute Gasteiger partial charge is 0.465 e. The second-order valence-corrected chi connectivity index (χ2v) is 16.3. The minimum absolute atomic E-state index is 0.0608. The number of carbonyl (C=O) groups is 1. The SMILES string of the molecule is C[C@]1(c2cccc(F)c2F)N=C(N(COCC[Si](C)(C)C)C(=O)O)S[C@@]2(CO)C[C@H]21. The number of hydrogen-bond acceptors (Lipinski definition) is 5. The predicted molar refractivity (Wildman–Crippen MR) is 115 cm³/mol. The first-order valence-electron chi connectivity index (χ1n) is 9.86. The van der Waals surface area contributed by atoms with Crippen LogP contribution in [0.25, 0.3) is 0 Å². The van der Waals surface area contributed by atoms with E-state index >= 15 is 0 Å². The molecule has 1 aromatic rings. The van der Waals surface area contributed by atoms with Crippen molar-refractivity contribution in [3.05, 3.63) is 35.4 Å². The van der Waals surface area contributed by atoms with Gasteiger partial charge in [0, 0.05) is 26.2 Å². The van der Waals surface area contributed by atoms with Crippen LogP contribution in [0, 0.1) is 17.6 Å². The summed E-state index contributed by atoms with van der Waals surface area (Å²) in [6, 6.07) is 4.79. The first kappa shape index (κ1) is 23.2. The van der Waals surface area contributed by atoms with Gasteiger partial charge in [0.25, 0.3) is 0 Å². The van der Waals surface area contributed by atoms with Crippen LogP contribution in [0.1, 0.15) is 18.9 Å². The number of thioether (sulfide) groups is 1. The maximum atomic E-state index is 14.6. The summed E-state index contributed by atoms with van der Waals surface area (Å²) in [5, 5.41) is 19.9. The Balaban J connectivity index is 1.92. The highest BCUT2D eigenvalue weighted by atomic mass is 32.2. The summed E-state index contributed by atoms with van der Waals surface area (Å²) in [7, 11) is -1.33. The van der Waals surface area contributed by atoms with Crippen LogP contribution in [-0.2, 0) is 10.3 Å². The fourth-order valence-corrected chi connectivity index (χ4v) is 6.07. The number of rotatable bonds is 7. The van der Waals surface area contributed by atoms with E-state index in [2.05, 4.69) is 24.6 Å². The number of benzene rings is 1. The predicted octanol–water partition coefficient (Wildman–Crippen LogP) is 4.33. The summed E-state index contributed by atoms with van der Waals surface area (Å²) in [6.45, 7) is 8.27. The molecular weight excluding hydrogens is 430 g/mol. The van der Waals surface area contributed by atoms with E-state index in [1.807, 2.05) is 0 Å². The lowest BCUT2D eigenvalue weighted by Crippen LogP contribution is -2.44. The molecule has 0 saturated heterocycles. The monoisotopic (exact) mass is 458 g/mol. The molecule has 3 rings (SSSR count). The topological polar surface area (TPSA) is 82.4 Å². The van der Waals surface area contributed by atoms with Crippen LogP contribution >= 0.6 is 11.8 Å². The molecule has 0 aromatic heterocycles. The normalized spacial score (nSPS) is 28.0. The number of halogens is 2. The Bertz CT molecular complexity index is 866. The molecule has 2 N–H and O–H groups in total. The molecule has 0 bridgehead atoms. The highest BCUT2D eigenvalue weighted by Crippen LogP contribution is 2.66. The van der Waals surface area contributed by atoms with Crippen molar-refractivity contribution in [3.8, 4) is 0 Å². The van der Waals surface area contributed by atoms with Gasteiger partial charge in [0.15, 0.2) is 16.8 Å². The van der Waals surface area contributed by atoms with Crippen LogP contribution in [-0.4, -0.2) is 59.1 Å². The molecule has 1 aliphatic carbocycles. The number of carboxylic acid groups (broad SMARTS) is 1. The second kappa shape index (κ2) is 8.21. The Morgan fingerprint density at radius 2 is 2.10 bits per heavy atom. The Morgan fingerprint density at radius 1 is 1.40 bits per heavy atom. The Labute approximate surface area is 180 Å². The van der Waals surface area contributed by atoms with Gasteiger partial charge in [-0.1, -0.05) is 43.5 Å². The maximum Gasteiger partial charge on any atom is 0.415 e. The van der Waals surface area contributed by atoms with E-state index in [0.29, 0.717) is 13.0 Å². The molecular formula is C20H28F2N2O4SSi. The molecule has 6 nitrogen and oxygen atoms in total. The summed E-state index contributed by atoms with van der Waals surface area (Å²) in [5.41, 5.74) is -1.13. The highest BCUT2D eigenvalue weighted by molar-refractivity contribution is 8.15. The van der Waals surface area contributed by atoms with Crippen LogP contribution in [0.3, 0.4) is 0 Å². The molecule has 30 heavy (non-hydrogen) atoms. The maximum absolute atomic E-state index is 14.6. The first-order chi connectivity index (χ1) is 13.9. The lowest BCUT2D eigenvalue weighted by molar-refractivity contribution is 0.0701. The van der Waals surface area contributed by atoms with Crippen molar-refractivity contribution in [2.45, 2.75) is 49.3 Å². The van der Waals surface area contributed by atoms with Gasteiger partial charge in [-0.2, -0.15) is 0 Å². The molecule has 1 aliphatic heterocycles. The molecule has 3 atom stereocenters. The smallest absolute Gasteiger partial charge is 0.415 e. The van der Waals surface area contributed by atoms with Crippen molar-refractivity contribution >= 4 is 31.1 Å². The Kier molecular flexibility index (Phi) is 6.35. The van der Waals surface area contributed by atoms with Crippen molar-refractivity contribution in [1.29, 1.82) is 0 Å².